The van der Waals surface area contributed by atoms with Crippen molar-refractivity contribution < 1.29 is 14.6 Å². The van der Waals surface area contributed by atoms with Gasteiger partial charge >= 0.3 is 5.97 Å². The Morgan fingerprint density at radius 3 is 2.78 bits per heavy atom. The van der Waals surface area contributed by atoms with Gasteiger partial charge in [-0.1, -0.05) is 30.3 Å². The van der Waals surface area contributed by atoms with E-state index >= 15 is 0 Å². The third-order valence-corrected chi connectivity index (χ3v) is 3.44. The van der Waals surface area contributed by atoms with Gasteiger partial charge in [0.05, 0.1) is 10.9 Å². The van der Waals surface area contributed by atoms with Crippen molar-refractivity contribution in [2.24, 2.45) is 0 Å². The maximum atomic E-state index is 10.6. The molecule has 0 fully saturated rings. The Balaban J connectivity index is 2.29. The van der Waals surface area contributed by atoms with E-state index in [0.717, 1.165) is 15.2 Å². The number of ether oxygens (including phenoxy) is 1. The molecule has 2 aromatic rings. The van der Waals surface area contributed by atoms with Crippen LogP contribution >= 0.6 is 15.9 Å². The standard InChI is InChI=1S/C14H13BrO3/c1-9(8-13(16)17)18-12-7-6-10-4-2-3-5-11(10)14(12)15/h2-7,9H,8H2,1H3,(H,16,17)/t9-/m0/s1. The molecule has 0 bridgehead atoms. The Morgan fingerprint density at radius 1 is 1.33 bits per heavy atom. The molecule has 2 aromatic carbocycles. The molecular weight excluding hydrogens is 296 g/mol. The van der Waals surface area contributed by atoms with Gasteiger partial charge in [0.2, 0.25) is 0 Å². The smallest absolute Gasteiger partial charge is 0.307 e. The monoisotopic (exact) mass is 308 g/mol. The van der Waals surface area contributed by atoms with E-state index in [9.17, 15) is 4.79 Å². The van der Waals surface area contributed by atoms with E-state index in [1.807, 2.05) is 36.4 Å². The summed E-state index contributed by atoms with van der Waals surface area (Å²) in [6.45, 7) is 1.75. The van der Waals surface area contributed by atoms with Crippen molar-refractivity contribution in [3.63, 3.8) is 0 Å². The second-order valence-electron chi connectivity index (χ2n) is 4.13. The van der Waals surface area contributed by atoms with E-state index in [2.05, 4.69) is 15.9 Å². The molecule has 94 valence electrons. The zero-order valence-corrected chi connectivity index (χ0v) is 11.5. The second-order valence-corrected chi connectivity index (χ2v) is 4.92. The predicted molar refractivity (Wildman–Crippen MR) is 74.0 cm³/mol. The Bertz CT molecular complexity index is 580. The molecule has 0 aliphatic rings. The van der Waals surface area contributed by atoms with Crippen LogP contribution in [0.2, 0.25) is 0 Å². The lowest BCUT2D eigenvalue weighted by molar-refractivity contribution is -0.138. The van der Waals surface area contributed by atoms with Gasteiger partial charge in [0.1, 0.15) is 11.9 Å². The van der Waals surface area contributed by atoms with Crippen molar-refractivity contribution >= 4 is 32.7 Å². The molecule has 0 amide bonds. The number of aliphatic carboxylic acids is 1. The number of benzene rings is 2. The van der Waals surface area contributed by atoms with Crippen molar-refractivity contribution in [2.75, 3.05) is 0 Å². The van der Waals surface area contributed by atoms with Crippen LogP contribution in [0, 0.1) is 0 Å². The maximum absolute atomic E-state index is 10.6. The molecule has 0 spiro atoms. The summed E-state index contributed by atoms with van der Waals surface area (Å²) in [5.74, 6) is -0.193. The fourth-order valence-corrected chi connectivity index (χ4v) is 2.40. The van der Waals surface area contributed by atoms with Crippen LogP contribution in [0.5, 0.6) is 5.75 Å². The average Bonchev–Trinajstić information content (AvgIpc) is 2.32. The Hall–Kier alpha value is -1.55. The van der Waals surface area contributed by atoms with Gasteiger partial charge in [-0.25, -0.2) is 0 Å². The lowest BCUT2D eigenvalue weighted by atomic mass is 10.1. The van der Waals surface area contributed by atoms with E-state index in [1.165, 1.54) is 0 Å². The molecule has 0 unspecified atom stereocenters. The predicted octanol–water partition coefficient (Wildman–Crippen LogP) is 3.84. The van der Waals surface area contributed by atoms with Gasteiger partial charge in [-0.05, 0) is 39.7 Å². The van der Waals surface area contributed by atoms with Crippen molar-refractivity contribution in [3.05, 3.63) is 40.9 Å². The van der Waals surface area contributed by atoms with E-state index < -0.39 is 5.97 Å². The summed E-state index contributed by atoms with van der Waals surface area (Å²) in [5, 5.41) is 10.9. The first kappa shape index (κ1) is 12.9. The molecule has 0 heterocycles. The summed E-state index contributed by atoms with van der Waals surface area (Å²) >= 11 is 3.50. The van der Waals surface area contributed by atoms with Gasteiger partial charge in [0.15, 0.2) is 0 Å². The number of rotatable bonds is 4. The molecule has 1 atom stereocenters. The summed E-state index contributed by atoms with van der Waals surface area (Å²) in [6.07, 6.45) is -0.376. The molecule has 0 saturated carbocycles. The number of fused-ring (bicyclic) bond motifs is 1. The van der Waals surface area contributed by atoms with Crippen LogP contribution in [0.25, 0.3) is 10.8 Å². The molecule has 0 aliphatic heterocycles. The van der Waals surface area contributed by atoms with Crippen LogP contribution < -0.4 is 4.74 Å². The number of hydrogen-bond acceptors (Lipinski definition) is 2. The molecule has 0 saturated heterocycles. The van der Waals surface area contributed by atoms with Crippen LogP contribution in [0.4, 0.5) is 0 Å². The van der Waals surface area contributed by atoms with Crippen LogP contribution in [-0.4, -0.2) is 17.2 Å². The van der Waals surface area contributed by atoms with Gasteiger partial charge in [-0.3, -0.25) is 4.79 Å². The molecule has 4 heteroatoms. The SMILES string of the molecule is C[C@@H](CC(=O)O)Oc1ccc2ccccc2c1Br. The molecular formula is C14H13BrO3. The normalized spacial score (nSPS) is 12.3. The van der Waals surface area contributed by atoms with Crippen LogP contribution in [-0.2, 0) is 4.79 Å². The Kier molecular flexibility index (Phi) is 3.87. The summed E-state index contributed by atoms with van der Waals surface area (Å²) in [4.78, 5) is 10.6. The molecule has 0 aromatic heterocycles. The van der Waals surface area contributed by atoms with E-state index in [4.69, 9.17) is 9.84 Å². The fourth-order valence-electron chi connectivity index (χ4n) is 1.81. The largest absolute Gasteiger partial charge is 0.489 e. The summed E-state index contributed by atoms with van der Waals surface area (Å²) in [6, 6.07) is 11.8. The lowest BCUT2D eigenvalue weighted by Crippen LogP contribution is -2.16. The van der Waals surface area contributed by atoms with Gasteiger partial charge in [0.25, 0.3) is 0 Å². The first-order chi connectivity index (χ1) is 8.58. The minimum atomic E-state index is -0.862. The molecule has 18 heavy (non-hydrogen) atoms. The topological polar surface area (TPSA) is 46.5 Å². The third-order valence-electron chi connectivity index (χ3n) is 2.62. The molecule has 0 radical (unpaired) electrons. The molecule has 3 nitrogen and oxygen atoms in total. The quantitative estimate of drug-likeness (QED) is 0.933. The van der Waals surface area contributed by atoms with E-state index in [0.29, 0.717) is 5.75 Å². The zero-order valence-electron chi connectivity index (χ0n) is 9.89. The highest BCUT2D eigenvalue weighted by Gasteiger charge is 2.12. The van der Waals surface area contributed by atoms with Gasteiger partial charge in [0, 0.05) is 0 Å². The van der Waals surface area contributed by atoms with Gasteiger partial charge in [-0.2, -0.15) is 0 Å². The summed E-state index contributed by atoms with van der Waals surface area (Å²) in [5.41, 5.74) is 0. The minimum Gasteiger partial charge on any atom is -0.489 e. The van der Waals surface area contributed by atoms with Crippen LogP contribution in [0.15, 0.2) is 40.9 Å². The number of carboxylic acid groups (broad SMARTS) is 1. The third kappa shape index (κ3) is 2.82. The Morgan fingerprint density at radius 2 is 2.06 bits per heavy atom. The highest BCUT2D eigenvalue weighted by molar-refractivity contribution is 9.10. The first-order valence-electron chi connectivity index (χ1n) is 5.63. The van der Waals surface area contributed by atoms with Crippen molar-refractivity contribution in [3.8, 4) is 5.75 Å². The second kappa shape index (κ2) is 5.40. The highest BCUT2D eigenvalue weighted by atomic mass is 79.9. The Labute approximate surface area is 114 Å². The van der Waals surface area contributed by atoms with E-state index in [-0.39, 0.29) is 12.5 Å². The van der Waals surface area contributed by atoms with Gasteiger partial charge < -0.3 is 9.84 Å². The van der Waals surface area contributed by atoms with Crippen molar-refractivity contribution in [2.45, 2.75) is 19.4 Å². The highest BCUT2D eigenvalue weighted by Crippen LogP contribution is 2.33. The molecule has 0 aliphatic carbocycles. The fraction of sp³-hybridized carbons (Fsp3) is 0.214. The first-order valence-corrected chi connectivity index (χ1v) is 6.43. The minimum absolute atomic E-state index is 0.0146. The molecule has 1 N–H and O–H groups in total. The number of hydrogen-bond donors (Lipinski definition) is 1. The molecule has 2 rings (SSSR count). The lowest BCUT2D eigenvalue weighted by Gasteiger charge is -2.15. The van der Waals surface area contributed by atoms with Crippen LogP contribution in [0.1, 0.15) is 13.3 Å². The van der Waals surface area contributed by atoms with Crippen molar-refractivity contribution in [1.82, 2.24) is 0 Å². The number of carbonyl (C=O) groups is 1. The summed E-state index contributed by atoms with van der Waals surface area (Å²) < 4.78 is 6.50. The van der Waals surface area contributed by atoms with Crippen molar-refractivity contribution in [1.29, 1.82) is 0 Å². The van der Waals surface area contributed by atoms with Gasteiger partial charge in [-0.15, -0.1) is 0 Å². The van der Waals surface area contributed by atoms with E-state index in [1.54, 1.807) is 6.92 Å². The number of halogens is 1. The number of carboxylic acids is 1. The van der Waals surface area contributed by atoms with Crippen LogP contribution in [0.3, 0.4) is 0 Å². The summed E-state index contributed by atoms with van der Waals surface area (Å²) in [7, 11) is 0. The maximum Gasteiger partial charge on any atom is 0.307 e. The zero-order chi connectivity index (χ0) is 13.1. The average molecular weight is 309 g/mol.